The lowest BCUT2D eigenvalue weighted by molar-refractivity contribution is -0.116. The highest BCUT2D eigenvalue weighted by atomic mass is 16.5. The molecule has 0 aliphatic carbocycles. The number of H-pyrrole nitrogens is 1. The van der Waals surface area contributed by atoms with Crippen LogP contribution in [0.5, 0.6) is 5.75 Å². The van der Waals surface area contributed by atoms with Gasteiger partial charge in [0, 0.05) is 11.4 Å². The van der Waals surface area contributed by atoms with Crippen LogP contribution in [0.15, 0.2) is 41.5 Å². The molecular weight excluding hydrogens is 308 g/mol. The molecule has 7 nitrogen and oxygen atoms in total. The van der Waals surface area contributed by atoms with Crippen molar-refractivity contribution in [3.8, 4) is 5.75 Å². The van der Waals surface area contributed by atoms with Gasteiger partial charge in [0.2, 0.25) is 5.91 Å². The predicted molar refractivity (Wildman–Crippen MR) is 91.3 cm³/mol. The molecule has 2 aromatic heterocycles. The number of fused-ring (bicyclic) bond motifs is 1. The number of hydrogen-bond acceptors (Lipinski definition) is 4. The lowest BCUT2D eigenvalue weighted by Crippen LogP contribution is -2.27. The van der Waals surface area contributed by atoms with Gasteiger partial charge in [-0.3, -0.25) is 14.2 Å². The number of anilines is 1. The molecule has 0 fully saturated rings. The number of rotatable bonds is 5. The zero-order valence-electron chi connectivity index (χ0n) is 13.5. The molecule has 24 heavy (non-hydrogen) atoms. The van der Waals surface area contributed by atoms with Crippen molar-refractivity contribution in [1.82, 2.24) is 14.5 Å². The van der Waals surface area contributed by atoms with E-state index in [1.54, 1.807) is 30.3 Å². The maximum absolute atomic E-state index is 12.4. The number of aryl methyl sites for hydroxylation is 1. The Balaban J connectivity index is 1.72. The Kier molecular flexibility index (Phi) is 4.33. The Morgan fingerprint density at radius 2 is 2.08 bits per heavy atom. The molecule has 0 saturated heterocycles. The van der Waals surface area contributed by atoms with E-state index in [0.717, 1.165) is 11.4 Å². The van der Waals surface area contributed by atoms with Crippen molar-refractivity contribution in [1.29, 1.82) is 0 Å². The molecule has 0 saturated carbocycles. The van der Waals surface area contributed by atoms with Crippen molar-refractivity contribution in [2.45, 2.75) is 20.4 Å². The first-order valence-corrected chi connectivity index (χ1v) is 7.64. The Hall–Kier alpha value is -3.09. The minimum Gasteiger partial charge on any atom is -0.494 e. The SMILES string of the molecule is CCOc1ccc(NC(=O)Cn2cnc3[nH]c(C)cc3c2=O)cc1. The number of carbonyl (C=O) groups is 1. The Labute approximate surface area is 138 Å². The van der Waals surface area contributed by atoms with Gasteiger partial charge in [-0.2, -0.15) is 0 Å². The quantitative estimate of drug-likeness (QED) is 0.751. The molecule has 3 rings (SSSR count). The minimum absolute atomic E-state index is 0.0980. The highest BCUT2D eigenvalue weighted by molar-refractivity contribution is 5.90. The van der Waals surface area contributed by atoms with Crippen LogP contribution in [0.3, 0.4) is 0 Å². The van der Waals surface area contributed by atoms with E-state index in [1.165, 1.54) is 10.9 Å². The van der Waals surface area contributed by atoms with Crippen LogP contribution in [0, 0.1) is 6.92 Å². The largest absolute Gasteiger partial charge is 0.494 e. The van der Waals surface area contributed by atoms with Gasteiger partial charge in [0.15, 0.2) is 0 Å². The second kappa shape index (κ2) is 6.57. The van der Waals surface area contributed by atoms with Crippen molar-refractivity contribution < 1.29 is 9.53 Å². The Morgan fingerprint density at radius 1 is 1.33 bits per heavy atom. The molecule has 2 heterocycles. The second-order valence-corrected chi connectivity index (χ2v) is 5.40. The molecular formula is C17H18N4O3. The summed E-state index contributed by atoms with van der Waals surface area (Å²) in [5, 5.41) is 3.23. The molecule has 0 atom stereocenters. The number of ether oxygens (including phenoxy) is 1. The van der Waals surface area contributed by atoms with Crippen LogP contribution in [0.2, 0.25) is 0 Å². The zero-order valence-corrected chi connectivity index (χ0v) is 13.5. The molecule has 0 unspecified atom stereocenters. The standard InChI is InChI=1S/C17H18N4O3/c1-3-24-13-6-4-12(5-7-13)20-15(22)9-21-10-18-16-14(17(21)23)8-11(2)19-16/h4-8,10,19H,3,9H2,1-2H3,(H,20,22). The van der Waals surface area contributed by atoms with Gasteiger partial charge in [0.1, 0.15) is 24.3 Å². The number of carbonyl (C=O) groups excluding carboxylic acids is 1. The topological polar surface area (TPSA) is 89.0 Å². The van der Waals surface area contributed by atoms with Crippen LogP contribution < -0.4 is 15.6 Å². The number of nitrogens with one attached hydrogen (secondary N) is 2. The van der Waals surface area contributed by atoms with Gasteiger partial charge in [-0.15, -0.1) is 0 Å². The van der Waals surface area contributed by atoms with E-state index >= 15 is 0 Å². The summed E-state index contributed by atoms with van der Waals surface area (Å²) in [6.45, 7) is 4.25. The maximum atomic E-state index is 12.4. The average Bonchev–Trinajstić information content (AvgIpc) is 2.94. The van der Waals surface area contributed by atoms with Crippen LogP contribution in [0.4, 0.5) is 5.69 Å². The fourth-order valence-corrected chi connectivity index (χ4v) is 2.44. The fraction of sp³-hybridized carbons (Fsp3) is 0.235. The van der Waals surface area contributed by atoms with Crippen LogP contribution in [-0.4, -0.2) is 27.0 Å². The molecule has 7 heteroatoms. The smallest absolute Gasteiger partial charge is 0.263 e. The molecule has 0 spiro atoms. The first kappa shape index (κ1) is 15.8. The van der Waals surface area contributed by atoms with Crippen LogP contribution in [0.1, 0.15) is 12.6 Å². The molecule has 0 aliphatic rings. The molecule has 1 aromatic carbocycles. The summed E-state index contributed by atoms with van der Waals surface area (Å²) in [5.41, 5.74) is 1.78. The maximum Gasteiger partial charge on any atom is 0.263 e. The molecule has 0 aliphatic heterocycles. The minimum atomic E-state index is -0.297. The normalized spacial score (nSPS) is 10.8. The summed E-state index contributed by atoms with van der Waals surface area (Å²) in [7, 11) is 0. The van der Waals surface area contributed by atoms with Crippen molar-refractivity contribution in [2.24, 2.45) is 0 Å². The summed E-state index contributed by atoms with van der Waals surface area (Å²) in [6.07, 6.45) is 1.37. The van der Waals surface area contributed by atoms with Gasteiger partial charge in [0.05, 0.1) is 12.0 Å². The van der Waals surface area contributed by atoms with Crippen molar-refractivity contribution in [3.05, 3.63) is 52.7 Å². The summed E-state index contributed by atoms with van der Waals surface area (Å²) in [6, 6.07) is 8.79. The summed E-state index contributed by atoms with van der Waals surface area (Å²) >= 11 is 0. The van der Waals surface area contributed by atoms with Gasteiger partial charge >= 0.3 is 0 Å². The van der Waals surface area contributed by atoms with Gasteiger partial charge in [0.25, 0.3) is 5.56 Å². The van der Waals surface area contributed by atoms with Crippen molar-refractivity contribution >= 4 is 22.6 Å². The summed E-state index contributed by atoms with van der Waals surface area (Å²) in [5.74, 6) is 0.443. The van der Waals surface area contributed by atoms with E-state index in [-0.39, 0.29) is 18.0 Å². The predicted octanol–water partition coefficient (Wildman–Crippen LogP) is 2.07. The molecule has 0 radical (unpaired) electrons. The number of amides is 1. The monoisotopic (exact) mass is 326 g/mol. The fourth-order valence-electron chi connectivity index (χ4n) is 2.44. The third-order valence-electron chi connectivity index (χ3n) is 3.51. The van der Waals surface area contributed by atoms with E-state index in [2.05, 4.69) is 15.3 Å². The highest BCUT2D eigenvalue weighted by Crippen LogP contribution is 2.15. The Bertz CT molecular complexity index is 925. The lowest BCUT2D eigenvalue weighted by Gasteiger charge is -2.08. The van der Waals surface area contributed by atoms with Gasteiger partial charge < -0.3 is 15.0 Å². The Morgan fingerprint density at radius 3 is 2.79 bits per heavy atom. The molecule has 0 bridgehead atoms. The van der Waals surface area contributed by atoms with Crippen LogP contribution in [-0.2, 0) is 11.3 Å². The van der Waals surface area contributed by atoms with Crippen LogP contribution >= 0.6 is 0 Å². The van der Waals surface area contributed by atoms with Crippen molar-refractivity contribution in [2.75, 3.05) is 11.9 Å². The zero-order chi connectivity index (χ0) is 17.1. The number of hydrogen-bond donors (Lipinski definition) is 2. The third kappa shape index (κ3) is 3.29. The lowest BCUT2D eigenvalue weighted by atomic mass is 10.3. The van der Waals surface area contributed by atoms with Crippen LogP contribution in [0.25, 0.3) is 11.0 Å². The number of aromatic amines is 1. The van der Waals surface area contributed by atoms with E-state index in [4.69, 9.17) is 4.74 Å². The van der Waals surface area contributed by atoms with E-state index in [0.29, 0.717) is 23.3 Å². The van der Waals surface area contributed by atoms with Gasteiger partial charge in [-0.25, -0.2) is 4.98 Å². The van der Waals surface area contributed by atoms with E-state index < -0.39 is 0 Å². The van der Waals surface area contributed by atoms with E-state index in [9.17, 15) is 9.59 Å². The number of nitrogens with zero attached hydrogens (tertiary/aromatic N) is 2. The average molecular weight is 326 g/mol. The first-order chi connectivity index (χ1) is 11.6. The van der Waals surface area contributed by atoms with Gasteiger partial charge in [-0.05, 0) is 44.2 Å². The summed E-state index contributed by atoms with van der Waals surface area (Å²) in [4.78, 5) is 31.7. The number of aromatic nitrogens is 3. The second-order valence-electron chi connectivity index (χ2n) is 5.40. The van der Waals surface area contributed by atoms with Gasteiger partial charge in [-0.1, -0.05) is 0 Å². The molecule has 2 N–H and O–H groups in total. The molecule has 3 aromatic rings. The number of benzene rings is 1. The third-order valence-corrected chi connectivity index (χ3v) is 3.51. The van der Waals surface area contributed by atoms with E-state index in [1.807, 2.05) is 13.8 Å². The first-order valence-electron chi connectivity index (χ1n) is 7.64. The van der Waals surface area contributed by atoms with Crippen molar-refractivity contribution in [3.63, 3.8) is 0 Å². The molecule has 1 amide bonds. The highest BCUT2D eigenvalue weighted by Gasteiger charge is 2.10. The summed E-state index contributed by atoms with van der Waals surface area (Å²) < 4.78 is 6.64. The molecule has 124 valence electrons.